The van der Waals surface area contributed by atoms with Gasteiger partial charge in [-0.15, -0.1) is 4.66 Å². The van der Waals surface area contributed by atoms with E-state index in [0.717, 1.165) is 0 Å². The van der Waals surface area contributed by atoms with Crippen molar-refractivity contribution < 1.29 is 30.0 Å². The van der Waals surface area contributed by atoms with Crippen molar-refractivity contribution in [3.63, 3.8) is 0 Å². The van der Waals surface area contributed by atoms with Crippen molar-refractivity contribution in [3.05, 3.63) is 0 Å². The van der Waals surface area contributed by atoms with Gasteiger partial charge in [0.05, 0.1) is 23.7 Å². The quantitative estimate of drug-likeness (QED) is 0.417. The summed E-state index contributed by atoms with van der Waals surface area (Å²) in [4.78, 5) is 0. The first-order valence-corrected chi connectivity index (χ1v) is 1.98. The Morgan fingerprint density at radius 1 is 1.14 bits per heavy atom. The van der Waals surface area contributed by atoms with Gasteiger partial charge in [-0.3, -0.25) is 9.32 Å². The molecule has 0 radical (unpaired) electrons. The van der Waals surface area contributed by atoms with Gasteiger partial charge in [0.15, 0.2) is 0 Å². The number of halogens is 3. The second kappa shape index (κ2) is 74.8. The third-order valence-electron chi connectivity index (χ3n) is 0. The lowest BCUT2D eigenvalue weighted by molar-refractivity contribution is -1.27. The Kier molecular flexibility index (Phi) is 167. The number of rotatable bonds is 0. The van der Waals surface area contributed by atoms with E-state index >= 15 is 0 Å². The van der Waals surface area contributed by atoms with Crippen LogP contribution in [0.15, 0.2) is 0 Å². The molecule has 0 fully saturated rings. The summed E-state index contributed by atoms with van der Waals surface area (Å²) in [5.74, 6) is 0. The number of hydrogen-bond donors (Lipinski definition) is 3. The molecule has 3 N–H and O–H groups in total. The largest absolute Gasteiger partial charge is 0.506 e. The zero-order valence-corrected chi connectivity index (χ0v) is 5.15. The van der Waals surface area contributed by atoms with E-state index in [2.05, 4.69) is 23.7 Å². The monoisotopic (exact) mass is 172 g/mol. The molecule has 0 amide bonds. The minimum absolute atomic E-state index is 0.167. The van der Waals surface area contributed by atoms with Gasteiger partial charge < -0.3 is 4.66 Å². The van der Waals surface area contributed by atoms with E-state index in [1.807, 2.05) is 0 Å². The SMILES string of the molecule is OCl.OCl.[O-][Cl+]O. The molecule has 0 aliphatic rings. The summed E-state index contributed by atoms with van der Waals surface area (Å²) in [5.41, 5.74) is 0. The van der Waals surface area contributed by atoms with Crippen LogP contribution in [0, 0.1) is 11.3 Å². The van der Waals surface area contributed by atoms with E-state index in [0.29, 0.717) is 0 Å². The standard InChI is InChI=1S/ClHO2.2ClHO/c2-1-3;2*1-2/h2H;2*2H. The first-order valence-electron chi connectivity index (χ1n) is 0.661. The van der Waals surface area contributed by atoms with Crippen LogP contribution in [0.4, 0.5) is 0 Å². The van der Waals surface area contributed by atoms with Crippen LogP contribution in [0.3, 0.4) is 0 Å². The maximum Gasteiger partial charge on any atom is 0.327 e. The van der Waals surface area contributed by atoms with Gasteiger partial charge in [0.2, 0.25) is 0 Å². The maximum atomic E-state index is 8.35. The van der Waals surface area contributed by atoms with Crippen molar-refractivity contribution in [2.45, 2.75) is 0 Å². The highest BCUT2D eigenvalue weighted by atomic mass is 35.6. The van der Waals surface area contributed by atoms with E-state index in [4.69, 9.17) is 18.6 Å². The lowest BCUT2D eigenvalue weighted by atomic mass is 15.9. The molecule has 48 valence electrons. The van der Waals surface area contributed by atoms with Gasteiger partial charge in [0.1, 0.15) is 0 Å². The Balaban J connectivity index is -0.0000000360. The van der Waals surface area contributed by atoms with E-state index in [1.165, 1.54) is 0 Å². The van der Waals surface area contributed by atoms with Crippen LogP contribution in [-0.4, -0.2) is 14.0 Å². The predicted octanol–water partition coefficient (Wildman–Crippen LogP) is -1.48. The summed E-state index contributed by atoms with van der Waals surface area (Å²) < 4.78 is 28.2. The lowest BCUT2D eigenvalue weighted by Gasteiger charge is -1.46. The first-order chi connectivity index (χ1) is 3.41. The molecule has 0 saturated heterocycles. The molecule has 0 bridgehead atoms. The zero-order chi connectivity index (χ0) is 6.71. The molecule has 0 rings (SSSR count). The normalized spacial score (nSPS) is 4.29. The molecule has 7 heteroatoms. The molecule has 0 heterocycles. The highest BCUT2D eigenvalue weighted by molar-refractivity contribution is 6.05. The Morgan fingerprint density at radius 2 is 1.14 bits per heavy atom. The second-order valence-corrected chi connectivity index (χ2v) is 0.207. The van der Waals surface area contributed by atoms with Crippen molar-refractivity contribution >= 4 is 23.7 Å². The summed E-state index contributed by atoms with van der Waals surface area (Å²) >= 11 is 7.11. The topological polar surface area (TPSA) is 83.8 Å². The predicted molar refractivity (Wildman–Crippen MR) is 18.4 cm³/mol. The fourth-order valence-corrected chi connectivity index (χ4v) is 0. The van der Waals surface area contributed by atoms with Gasteiger partial charge in [0.25, 0.3) is 0 Å². The molecule has 4 nitrogen and oxygen atoms in total. The van der Waals surface area contributed by atoms with E-state index in [-0.39, 0.29) is 11.3 Å². The van der Waals surface area contributed by atoms with Crippen molar-refractivity contribution in [3.8, 4) is 0 Å². The van der Waals surface area contributed by atoms with Crippen molar-refractivity contribution in [1.82, 2.24) is 0 Å². The average Bonchev–Trinajstić information content (AvgIpc) is 1.78. The average molecular weight is 173 g/mol. The molecule has 0 saturated carbocycles. The number of hydrogen-bond acceptors (Lipinski definition) is 4. The van der Waals surface area contributed by atoms with Gasteiger partial charge in [-0.2, -0.15) is 0 Å². The molecule has 0 unspecified atom stereocenters. The molecule has 0 aromatic carbocycles. The molecular weight excluding hydrogens is 170 g/mol. The van der Waals surface area contributed by atoms with Crippen LogP contribution in [-0.2, 0) is 0 Å². The third-order valence-corrected chi connectivity index (χ3v) is 0. The van der Waals surface area contributed by atoms with Gasteiger partial charge in [-0.25, -0.2) is 0 Å². The summed E-state index contributed by atoms with van der Waals surface area (Å²) in [7, 11) is 0. The smallest absolute Gasteiger partial charge is 0.327 e. The molecule has 7 heavy (non-hydrogen) atoms. The van der Waals surface area contributed by atoms with Crippen molar-refractivity contribution in [2.24, 2.45) is 0 Å². The molecule has 0 aromatic rings. The van der Waals surface area contributed by atoms with Crippen LogP contribution in [0.5, 0.6) is 0 Å². The Morgan fingerprint density at radius 3 is 1.14 bits per heavy atom. The van der Waals surface area contributed by atoms with Crippen LogP contribution in [0.25, 0.3) is 0 Å². The zero-order valence-electron chi connectivity index (χ0n) is 2.88. The second-order valence-electron chi connectivity index (χ2n) is 0.0690. The first kappa shape index (κ1) is 15.6. The van der Waals surface area contributed by atoms with E-state index in [9.17, 15) is 0 Å². The fourth-order valence-electron chi connectivity index (χ4n) is 0. The van der Waals surface area contributed by atoms with Gasteiger partial charge in [0, 0.05) is 0 Å². The minimum atomic E-state index is -0.167. The van der Waals surface area contributed by atoms with E-state index in [1.54, 1.807) is 0 Å². The fraction of sp³-hybridized carbons (Fsp3) is 0. The molecule has 0 aliphatic heterocycles. The van der Waals surface area contributed by atoms with E-state index < -0.39 is 0 Å². The van der Waals surface area contributed by atoms with Crippen LogP contribution in [0.2, 0.25) is 0 Å². The molecular formula is H3Cl3O4. The maximum absolute atomic E-state index is 8.35. The van der Waals surface area contributed by atoms with Gasteiger partial charge >= 0.3 is 11.3 Å². The van der Waals surface area contributed by atoms with Crippen LogP contribution in [0.1, 0.15) is 0 Å². The highest BCUT2D eigenvalue weighted by Gasteiger charge is 1.47. The Hall–Kier alpha value is 0.710. The Bertz CT molecular complexity index is 6.90. The van der Waals surface area contributed by atoms with Crippen LogP contribution >= 0.6 is 23.7 Å². The lowest BCUT2D eigenvalue weighted by Crippen LogP contribution is -1.94. The minimum Gasteiger partial charge on any atom is -0.506 e. The van der Waals surface area contributed by atoms with Gasteiger partial charge in [-0.05, 0) is 0 Å². The molecule has 0 spiro atoms. The summed E-state index contributed by atoms with van der Waals surface area (Å²) in [5, 5.41) is 0. The third kappa shape index (κ3) is 295. The highest BCUT2D eigenvalue weighted by Crippen LogP contribution is 1.32. The molecule has 0 aromatic heterocycles. The van der Waals surface area contributed by atoms with Crippen molar-refractivity contribution in [1.29, 1.82) is 0 Å². The van der Waals surface area contributed by atoms with Crippen LogP contribution < -0.4 is 4.66 Å². The summed E-state index contributed by atoms with van der Waals surface area (Å²) in [6, 6.07) is 0. The summed E-state index contributed by atoms with van der Waals surface area (Å²) in [6.07, 6.45) is 0. The summed E-state index contributed by atoms with van der Waals surface area (Å²) in [6.45, 7) is 0. The Labute approximate surface area is 54.3 Å². The van der Waals surface area contributed by atoms with Gasteiger partial charge in [-0.1, -0.05) is 0 Å². The van der Waals surface area contributed by atoms with Crippen molar-refractivity contribution in [2.75, 3.05) is 0 Å². The molecule has 0 atom stereocenters. The molecule has 0 aliphatic carbocycles.